The predicted octanol–water partition coefficient (Wildman–Crippen LogP) is 1.99. The number of carbonyl (C=O) groups is 2. The van der Waals surface area contributed by atoms with Gasteiger partial charge in [-0.25, -0.2) is 0 Å². The second kappa shape index (κ2) is 6.77. The lowest BCUT2D eigenvalue weighted by atomic mass is 9.85. The van der Waals surface area contributed by atoms with Crippen molar-refractivity contribution >= 4 is 11.8 Å². The van der Waals surface area contributed by atoms with Gasteiger partial charge >= 0.3 is 0 Å². The molecule has 5 heteroatoms. The molecule has 24 heavy (non-hydrogen) atoms. The van der Waals surface area contributed by atoms with Crippen molar-refractivity contribution in [1.82, 2.24) is 4.90 Å². The predicted molar refractivity (Wildman–Crippen MR) is 89.5 cm³/mol. The third-order valence-electron chi connectivity index (χ3n) is 4.82. The summed E-state index contributed by atoms with van der Waals surface area (Å²) in [5.41, 5.74) is 1.99. The van der Waals surface area contributed by atoms with Gasteiger partial charge in [0.25, 0.3) is 0 Å². The van der Waals surface area contributed by atoms with E-state index in [0.29, 0.717) is 12.8 Å². The molecule has 3 unspecified atom stereocenters. The molecule has 128 valence electrons. The van der Waals surface area contributed by atoms with Crippen LogP contribution in [0, 0.1) is 25.7 Å². The van der Waals surface area contributed by atoms with Crippen molar-refractivity contribution in [2.24, 2.45) is 11.8 Å². The Hall–Kier alpha value is -2.14. The molecule has 1 aromatic carbocycles. The monoisotopic (exact) mass is 329 g/mol. The molecule has 3 rings (SSSR count). The maximum atomic E-state index is 12.4. The van der Waals surface area contributed by atoms with Crippen molar-refractivity contribution in [3.8, 4) is 5.75 Å². The number of fused-ring (bicyclic) bond motifs is 1. The van der Waals surface area contributed by atoms with E-state index in [4.69, 9.17) is 4.74 Å². The van der Waals surface area contributed by atoms with Crippen LogP contribution in [0.25, 0.3) is 0 Å². The van der Waals surface area contributed by atoms with Gasteiger partial charge in [-0.05, 0) is 37.8 Å². The van der Waals surface area contributed by atoms with Crippen LogP contribution < -0.4 is 4.74 Å². The largest absolute Gasteiger partial charge is 0.490 e. The third kappa shape index (κ3) is 3.08. The summed E-state index contributed by atoms with van der Waals surface area (Å²) in [5.74, 6) is -0.0992. The summed E-state index contributed by atoms with van der Waals surface area (Å²) in [5, 5.41) is 10.2. The van der Waals surface area contributed by atoms with Gasteiger partial charge in [-0.1, -0.05) is 30.4 Å². The van der Waals surface area contributed by atoms with E-state index in [-0.39, 0.29) is 36.8 Å². The number of aliphatic hydroxyl groups is 1. The van der Waals surface area contributed by atoms with E-state index in [1.54, 1.807) is 0 Å². The molecule has 1 N–H and O–H groups in total. The summed E-state index contributed by atoms with van der Waals surface area (Å²) in [6.45, 7) is 3.94. The lowest BCUT2D eigenvalue weighted by Crippen LogP contribution is -2.40. The maximum absolute atomic E-state index is 12.4. The topological polar surface area (TPSA) is 66.8 Å². The van der Waals surface area contributed by atoms with Gasteiger partial charge in [-0.3, -0.25) is 14.5 Å². The molecule has 1 saturated heterocycles. The Morgan fingerprint density at radius 3 is 2.21 bits per heavy atom. The minimum absolute atomic E-state index is 0.00437. The van der Waals surface area contributed by atoms with Crippen molar-refractivity contribution in [2.45, 2.75) is 32.8 Å². The molecule has 1 heterocycles. The van der Waals surface area contributed by atoms with Gasteiger partial charge in [0.15, 0.2) is 0 Å². The van der Waals surface area contributed by atoms with Gasteiger partial charge in [0.05, 0.1) is 18.4 Å². The number of aryl methyl sites for hydroxylation is 2. The fraction of sp³-hybridized carbons (Fsp3) is 0.474. The number of hydrogen-bond acceptors (Lipinski definition) is 4. The molecule has 1 aliphatic heterocycles. The van der Waals surface area contributed by atoms with Gasteiger partial charge in [0, 0.05) is 0 Å². The summed E-state index contributed by atoms with van der Waals surface area (Å²) in [6, 6.07) is 5.84. The van der Waals surface area contributed by atoms with Crippen LogP contribution in [0.15, 0.2) is 30.4 Å². The van der Waals surface area contributed by atoms with Crippen molar-refractivity contribution < 1.29 is 19.4 Å². The van der Waals surface area contributed by atoms with Gasteiger partial charge in [-0.15, -0.1) is 0 Å². The van der Waals surface area contributed by atoms with E-state index in [1.807, 2.05) is 44.2 Å². The minimum atomic E-state index is -0.898. The van der Waals surface area contributed by atoms with E-state index in [1.165, 1.54) is 4.90 Å². The second-order valence-electron chi connectivity index (χ2n) is 6.63. The quantitative estimate of drug-likeness (QED) is 0.663. The van der Waals surface area contributed by atoms with Gasteiger partial charge in [0.1, 0.15) is 18.5 Å². The first-order valence-corrected chi connectivity index (χ1v) is 8.36. The zero-order valence-electron chi connectivity index (χ0n) is 14.1. The smallest absolute Gasteiger partial charge is 0.233 e. The normalized spacial score (nSPS) is 24.2. The third-order valence-corrected chi connectivity index (χ3v) is 4.82. The molecule has 1 aliphatic carbocycles. The summed E-state index contributed by atoms with van der Waals surface area (Å²) in [4.78, 5) is 26.0. The van der Waals surface area contributed by atoms with Crippen molar-refractivity contribution in [3.05, 3.63) is 41.5 Å². The molecule has 0 saturated carbocycles. The lowest BCUT2D eigenvalue weighted by molar-refractivity contribution is -0.141. The van der Waals surface area contributed by atoms with E-state index < -0.39 is 6.10 Å². The van der Waals surface area contributed by atoms with Crippen molar-refractivity contribution in [1.29, 1.82) is 0 Å². The van der Waals surface area contributed by atoms with Crippen LogP contribution in [0.4, 0.5) is 0 Å². The molecule has 1 aromatic rings. The van der Waals surface area contributed by atoms with E-state index in [9.17, 15) is 14.7 Å². The summed E-state index contributed by atoms with van der Waals surface area (Å²) in [6.07, 6.45) is 4.23. The van der Waals surface area contributed by atoms with Crippen molar-refractivity contribution in [2.75, 3.05) is 13.2 Å². The first-order chi connectivity index (χ1) is 11.5. The fourth-order valence-corrected chi connectivity index (χ4v) is 3.52. The SMILES string of the molecule is Cc1cccc(C)c1OCC(O)CN1C(=O)C2CC=CCC2C1=O. The molecule has 1 fully saturated rings. The number of nitrogens with zero attached hydrogens (tertiary/aromatic N) is 1. The summed E-state index contributed by atoms with van der Waals surface area (Å²) < 4.78 is 5.72. The van der Waals surface area contributed by atoms with Gasteiger partial charge in [0.2, 0.25) is 11.8 Å². The van der Waals surface area contributed by atoms with Crippen LogP contribution in [-0.4, -0.2) is 41.1 Å². The van der Waals surface area contributed by atoms with Crippen LogP contribution in [-0.2, 0) is 9.59 Å². The Kier molecular flexibility index (Phi) is 4.71. The number of para-hydroxylation sites is 1. The molecule has 0 spiro atoms. The molecule has 2 amide bonds. The Bertz CT molecular complexity index is 636. The number of ether oxygens (including phenoxy) is 1. The van der Waals surface area contributed by atoms with Gasteiger partial charge < -0.3 is 9.84 Å². The number of aliphatic hydroxyl groups excluding tert-OH is 1. The number of carbonyl (C=O) groups excluding carboxylic acids is 2. The number of hydrogen-bond donors (Lipinski definition) is 1. The average Bonchev–Trinajstić information content (AvgIpc) is 2.80. The Labute approximate surface area is 141 Å². The summed E-state index contributed by atoms with van der Waals surface area (Å²) in [7, 11) is 0. The van der Waals surface area contributed by atoms with E-state index in [0.717, 1.165) is 16.9 Å². The highest BCUT2D eigenvalue weighted by atomic mass is 16.5. The van der Waals surface area contributed by atoms with Crippen LogP contribution in [0.1, 0.15) is 24.0 Å². The highest BCUT2D eigenvalue weighted by molar-refractivity contribution is 6.05. The molecule has 0 aromatic heterocycles. The number of allylic oxidation sites excluding steroid dienone is 2. The molecule has 3 atom stereocenters. The molecule has 0 bridgehead atoms. The number of imide groups is 1. The molecular formula is C19H23NO4. The molecule has 0 radical (unpaired) electrons. The number of likely N-dealkylation sites (tertiary alicyclic amines) is 1. The zero-order chi connectivity index (χ0) is 17.3. The number of benzene rings is 1. The van der Waals surface area contributed by atoms with E-state index in [2.05, 4.69) is 0 Å². The van der Waals surface area contributed by atoms with Crippen LogP contribution >= 0.6 is 0 Å². The Morgan fingerprint density at radius 1 is 1.12 bits per heavy atom. The Morgan fingerprint density at radius 2 is 1.67 bits per heavy atom. The first kappa shape index (κ1) is 16.7. The molecule has 2 aliphatic rings. The zero-order valence-corrected chi connectivity index (χ0v) is 14.1. The molecule has 5 nitrogen and oxygen atoms in total. The number of β-amino-alcohol motifs (C(OH)–C–C–N with tert-alkyl or cyclic N) is 1. The Balaban J connectivity index is 1.60. The standard InChI is InChI=1S/C19H23NO4/c1-12-6-5-7-13(2)17(12)24-11-14(21)10-20-18(22)15-8-3-4-9-16(15)19(20)23/h3-7,14-16,21H,8-11H2,1-2H3. The number of amides is 2. The van der Waals surface area contributed by atoms with Crippen molar-refractivity contribution in [3.63, 3.8) is 0 Å². The van der Waals surface area contributed by atoms with Crippen LogP contribution in [0.3, 0.4) is 0 Å². The fourth-order valence-electron chi connectivity index (χ4n) is 3.52. The second-order valence-corrected chi connectivity index (χ2v) is 6.63. The number of rotatable bonds is 5. The van der Waals surface area contributed by atoms with E-state index >= 15 is 0 Å². The average molecular weight is 329 g/mol. The lowest BCUT2D eigenvalue weighted by Gasteiger charge is -2.20. The highest BCUT2D eigenvalue weighted by Crippen LogP contribution is 2.35. The van der Waals surface area contributed by atoms with Gasteiger partial charge in [-0.2, -0.15) is 0 Å². The van der Waals surface area contributed by atoms with Crippen LogP contribution in [0.5, 0.6) is 5.75 Å². The highest BCUT2D eigenvalue weighted by Gasteiger charge is 2.47. The molecular weight excluding hydrogens is 306 g/mol. The first-order valence-electron chi connectivity index (χ1n) is 8.36. The minimum Gasteiger partial charge on any atom is -0.490 e. The summed E-state index contributed by atoms with van der Waals surface area (Å²) >= 11 is 0. The maximum Gasteiger partial charge on any atom is 0.233 e. The van der Waals surface area contributed by atoms with Crippen LogP contribution in [0.2, 0.25) is 0 Å².